The second-order valence-corrected chi connectivity index (χ2v) is 14.7. The minimum Gasteiger partial charge on any atom is -0.455 e. The summed E-state index contributed by atoms with van der Waals surface area (Å²) < 4.78 is 7.00. The molecule has 0 spiro atoms. The summed E-state index contributed by atoms with van der Waals surface area (Å²) in [6.07, 6.45) is 0. The predicted octanol–water partition coefficient (Wildman–Crippen LogP) is 13.3. The van der Waals surface area contributed by atoms with Gasteiger partial charge in [0.2, 0.25) is 0 Å². The molecule has 3 aromatic heterocycles. The molecule has 0 saturated heterocycles. The number of nitrogens with zero attached hydrogens (tertiary/aromatic N) is 6. The van der Waals surface area contributed by atoms with Gasteiger partial charge in [-0.25, -0.2) is 29.9 Å². The number of aromatic nitrogens is 6. The Bertz CT molecular complexity index is 3260. The highest BCUT2D eigenvalue weighted by Crippen LogP contribution is 2.42. The van der Waals surface area contributed by atoms with E-state index in [2.05, 4.69) is 72.8 Å². The van der Waals surface area contributed by atoms with Crippen LogP contribution in [0.15, 0.2) is 211 Å². The fraction of sp³-hybridized carbons (Fsp3) is 0. The van der Waals surface area contributed by atoms with Gasteiger partial charge in [-0.1, -0.05) is 194 Å². The first kappa shape index (κ1) is 35.7. The van der Waals surface area contributed by atoms with Gasteiger partial charge in [-0.3, -0.25) is 0 Å². The first-order chi connectivity index (χ1) is 30.2. The highest BCUT2D eigenvalue weighted by molar-refractivity contribution is 6.14. The largest absolute Gasteiger partial charge is 0.455 e. The summed E-state index contributed by atoms with van der Waals surface area (Å²) >= 11 is 0. The Morgan fingerprint density at radius 1 is 0.230 bits per heavy atom. The quantitative estimate of drug-likeness (QED) is 0.152. The van der Waals surface area contributed by atoms with Gasteiger partial charge in [-0.15, -0.1) is 0 Å². The Balaban J connectivity index is 1.18. The van der Waals surface area contributed by atoms with E-state index in [0.29, 0.717) is 46.1 Å². The average Bonchev–Trinajstić information content (AvgIpc) is 3.74. The van der Waals surface area contributed by atoms with Crippen molar-refractivity contribution in [2.45, 2.75) is 0 Å². The lowest BCUT2D eigenvalue weighted by molar-refractivity contribution is 0.670. The van der Waals surface area contributed by atoms with Gasteiger partial charge in [-0.2, -0.15) is 0 Å². The van der Waals surface area contributed by atoms with Gasteiger partial charge >= 0.3 is 0 Å². The Morgan fingerprint density at radius 2 is 0.590 bits per heavy atom. The van der Waals surface area contributed by atoms with E-state index >= 15 is 0 Å². The van der Waals surface area contributed by atoms with Crippen LogP contribution < -0.4 is 0 Å². The molecule has 11 rings (SSSR count). The molecular weight excluding hydrogens is 749 g/mol. The van der Waals surface area contributed by atoms with E-state index in [1.807, 2.05) is 133 Å². The molecule has 0 aliphatic carbocycles. The summed E-state index contributed by atoms with van der Waals surface area (Å²) in [5.41, 5.74) is 10.7. The Kier molecular flexibility index (Phi) is 9.02. The number of fused-ring (bicyclic) bond motifs is 3. The van der Waals surface area contributed by atoms with Gasteiger partial charge in [0.15, 0.2) is 34.9 Å². The second-order valence-electron chi connectivity index (χ2n) is 14.7. The van der Waals surface area contributed by atoms with E-state index in [1.165, 1.54) is 0 Å². The molecular formula is C54H34N6O. The lowest BCUT2D eigenvalue weighted by atomic mass is 10.00. The smallest absolute Gasteiger partial charge is 0.167 e. The van der Waals surface area contributed by atoms with E-state index in [9.17, 15) is 0 Å². The molecule has 7 nitrogen and oxygen atoms in total. The maximum absolute atomic E-state index is 7.00. The Hall–Kier alpha value is -8.42. The summed E-state index contributed by atoms with van der Waals surface area (Å²) in [4.78, 5) is 30.7. The molecule has 0 bridgehead atoms. The number of para-hydroxylation sites is 1. The number of benzene rings is 8. The summed E-state index contributed by atoms with van der Waals surface area (Å²) in [6, 6.07) is 69.4. The van der Waals surface area contributed by atoms with Crippen molar-refractivity contribution in [1.82, 2.24) is 29.9 Å². The standard InChI is InChI=1S/C54H34N6O/c1-6-17-35(18-7-1)36-29-31-41(32-30-36)52-56-51(40-25-14-5-15-26-40)59-54(60-52)46-34-42(33-45-44-28-16-27-43(47(44)61-48(45)46)37-19-8-2-9-20-37)53-57-49(38-21-10-3-11-22-38)55-50(58-53)39-23-12-4-13-24-39/h1-34H. The van der Waals surface area contributed by atoms with Gasteiger partial charge in [-0.05, 0) is 28.8 Å². The fourth-order valence-electron chi connectivity index (χ4n) is 7.76. The topological polar surface area (TPSA) is 90.5 Å². The van der Waals surface area contributed by atoms with Crippen LogP contribution in [0.2, 0.25) is 0 Å². The first-order valence-corrected chi connectivity index (χ1v) is 20.1. The molecule has 0 fully saturated rings. The molecule has 61 heavy (non-hydrogen) atoms. The zero-order valence-electron chi connectivity index (χ0n) is 32.7. The molecule has 0 N–H and O–H groups in total. The van der Waals surface area contributed by atoms with Crippen LogP contribution in [0.5, 0.6) is 0 Å². The Labute approximate surface area is 351 Å². The lowest BCUT2D eigenvalue weighted by Gasteiger charge is -2.12. The van der Waals surface area contributed by atoms with E-state index < -0.39 is 0 Å². The second kappa shape index (κ2) is 15.4. The lowest BCUT2D eigenvalue weighted by Crippen LogP contribution is -2.02. The molecule has 7 heteroatoms. The molecule has 8 aromatic carbocycles. The molecule has 0 atom stereocenters. The monoisotopic (exact) mass is 782 g/mol. The summed E-state index contributed by atoms with van der Waals surface area (Å²) in [7, 11) is 0. The summed E-state index contributed by atoms with van der Waals surface area (Å²) in [5, 5.41) is 1.84. The number of hydrogen-bond acceptors (Lipinski definition) is 7. The van der Waals surface area contributed by atoms with Crippen LogP contribution in [0.25, 0.3) is 113 Å². The van der Waals surface area contributed by atoms with E-state index in [0.717, 1.165) is 66.4 Å². The van der Waals surface area contributed by atoms with Gasteiger partial charge in [0.1, 0.15) is 11.2 Å². The normalized spacial score (nSPS) is 11.3. The predicted molar refractivity (Wildman–Crippen MR) is 244 cm³/mol. The maximum Gasteiger partial charge on any atom is 0.167 e. The van der Waals surface area contributed by atoms with Gasteiger partial charge in [0.25, 0.3) is 0 Å². The zero-order valence-corrected chi connectivity index (χ0v) is 32.7. The van der Waals surface area contributed by atoms with Crippen molar-refractivity contribution in [2.75, 3.05) is 0 Å². The fourth-order valence-corrected chi connectivity index (χ4v) is 7.76. The third-order valence-corrected chi connectivity index (χ3v) is 10.8. The van der Waals surface area contributed by atoms with Crippen LogP contribution in [0, 0.1) is 0 Å². The summed E-state index contributed by atoms with van der Waals surface area (Å²) in [6.45, 7) is 0. The molecule has 0 amide bonds. The van der Waals surface area contributed by atoms with E-state index in [-0.39, 0.29) is 0 Å². The molecule has 0 aliphatic rings. The average molecular weight is 783 g/mol. The van der Waals surface area contributed by atoms with Crippen molar-refractivity contribution in [3.05, 3.63) is 206 Å². The van der Waals surface area contributed by atoms with Gasteiger partial charge in [0, 0.05) is 44.2 Å². The zero-order chi connectivity index (χ0) is 40.5. The van der Waals surface area contributed by atoms with Crippen LogP contribution in [0.3, 0.4) is 0 Å². The molecule has 3 heterocycles. The van der Waals surface area contributed by atoms with Crippen LogP contribution >= 0.6 is 0 Å². The minimum atomic E-state index is 0.462. The van der Waals surface area contributed by atoms with Crippen molar-refractivity contribution >= 4 is 21.9 Å². The van der Waals surface area contributed by atoms with Crippen molar-refractivity contribution in [3.8, 4) is 90.6 Å². The maximum atomic E-state index is 7.00. The third-order valence-electron chi connectivity index (χ3n) is 10.8. The van der Waals surface area contributed by atoms with Crippen molar-refractivity contribution in [2.24, 2.45) is 0 Å². The molecule has 11 aromatic rings. The Morgan fingerprint density at radius 3 is 1.08 bits per heavy atom. The van der Waals surface area contributed by atoms with Crippen molar-refractivity contribution < 1.29 is 4.42 Å². The van der Waals surface area contributed by atoms with Crippen LogP contribution in [-0.4, -0.2) is 29.9 Å². The van der Waals surface area contributed by atoms with Crippen molar-refractivity contribution in [3.63, 3.8) is 0 Å². The molecule has 286 valence electrons. The molecule has 0 aliphatic heterocycles. The van der Waals surface area contributed by atoms with Crippen LogP contribution in [0.4, 0.5) is 0 Å². The van der Waals surface area contributed by atoms with Gasteiger partial charge in [0.05, 0.1) is 5.56 Å². The highest BCUT2D eigenvalue weighted by atomic mass is 16.3. The summed E-state index contributed by atoms with van der Waals surface area (Å²) in [5.74, 6) is 3.21. The molecule has 0 radical (unpaired) electrons. The van der Waals surface area contributed by atoms with Crippen molar-refractivity contribution in [1.29, 1.82) is 0 Å². The van der Waals surface area contributed by atoms with Crippen LogP contribution in [-0.2, 0) is 0 Å². The molecule has 0 saturated carbocycles. The van der Waals surface area contributed by atoms with Crippen LogP contribution in [0.1, 0.15) is 0 Å². The van der Waals surface area contributed by atoms with E-state index in [4.69, 9.17) is 34.3 Å². The number of rotatable bonds is 8. The number of hydrogen-bond donors (Lipinski definition) is 0. The molecule has 0 unspecified atom stereocenters. The minimum absolute atomic E-state index is 0.462. The number of furan rings is 1. The third kappa shape index (κ3) is 6.90. The highest BCUT2D eigenvalue weighted by Gasteiger charge is 2.23. The SMILES string of the molecule is c1ccc(-c2ccc(-c3nc(-c4ccccc4)nc(-c4cc(-c5nc(-c6ccccc6)nc(-c6ccccc6)n5)cc5c4oc4c(-c6ccccc6)cccc45)n3)cc2)cc1. The first-order valence-electron chi connectivity index (χ1n) is 20.1. The van der Waals surface area contributed by atoms with E-state index in [1.54, 1.807) is 0 Å². The van der Waals surface area contributed by atoms with Gasteiger partial charge < -0.3 is 4.42 Å².